The van der Waals surface area contributed by atoms with Crippen molar-refractivity contribution >= 4 is 46.3 Å². The quantitative estimate of drug-likeness (QED) is 0.0402. The molecule has 322 valence electrons. The van der Waals surface area contributed by atoms with Gasteiger partial charge in [-0.2, -0.15) is 0 Å². The average Bonchev–Trinajstić information content (AvgIpc) is 3.79. The number of nitrogens with two attached hydrogens (primary N) is 2. The number of ether oxygens (including phenoxy) is 4. The van der Waals surface area contributed by atoms with E-state index in [1.807, 2.05) is 17.5 Å². The summed E-state index contributed by atoms with van der Waals surface area (Å²) >= 11 is 2.52. The van der Waals surface area contributed by atoms with Gasteiger partial charge in [0.25, 0.3) is 17.8 Å². The maximum Gasteiger partial charge on any atom is 0.295 e. The van der Waals surface area contributed by atoms with Gasteiger partial charge in [-0.15, -0.1) is 11.3 Å². The van der Waals surface area contributed by atoms with Gasteiger partial charge in [-0.05, 0) is 108 Å². The molecule has 0 spiro atoms. The lowest BCUT2D eigenvalue weighted by Gasteiger charge is -2.38. The topological polar surface area (TPSA) is 151 Å². The monoisotopic (exact) mass is 887 g/mol. The molecule has 1 saturated carbocycles. The molecule has 4 unspecified atom stereocenters. The molecule has 8 rings (SSSR count). The number of thiazole rings is 1. The number of benzene rings is 4. The summed E-state index contributed by atoms with van der Waals surface area (Å²) in [7, 11) is 3.27. The zero-order valence-corrected chi connectivity index (χ0v) is 34.9. The molecule has 1 fully saturated rings. The van der Waals surface area contributed by atoms with Crippen molar-refractivity contribution in [3.63, 3.8) is 0 Å². The SMILES string of the molecule is COC1=CSC(COc2ccc(C(=O)NC(OC3C=CC(F)(F)C(C(N)=O)C3(F)F)c3nccs3)cc2-c2ccc(N)cc2)N1c1ccc(-c2ccc(OC)cc2)c(C2CC2)c1. The number of alkyl halides is 4. The number of amides is 2. The number of hydrogen-bond acceptors (Lipinski definition) is 11. The van der Waals surface area contributed by atoms with E-state index < -0.39 is 41.9 Å². The highest BCUT2D eigenvalue weighted by molar-refractivity contribution is 8.03. The van der Waals surface area contributed by atoms with Crippen LogP contribution in [0.5, 0.6) is 11.5 Å². The Morgan fingerprint density at radius 2 is 1.66 bits per heavy atom. The Kier molecular flexibility index (Phi) is 12.0. The van der Waals surface area contributed by atoms with Gasteiger partial charge in [0.05, 0.1) is 14.2 Å². The van der Waals surface area contributed by atoms with Crippen molar-refractivity contribution in [3.05, 3.63) is 136 Å². The Bertz CT molecular complexity index is 2500. The zero-order chi connectivity index (χ0) is 43.8. The summed E-state index contributed by atoms with van der Waals surface area (Å²) in [6.07, 6.45) is 0.198. The number of nitrogens with one attached hydrogen (secondary N) is 1. The van der Waals surface area contributed by atoms with Crippen molar-refractivity contribution in [2.24, 2.45) is 11.7 Å². The van der Waals surface area contributed by atoms with E-state index in [-0.39, 0.29) is 28.6 Å². The summed E-state index contributed by atoms with van der Waals surface area (Å²) < 4.78 is 83.0. The number of hydrogen-bond donors (Lipinski definition) is 3. The molecule has 3 aliphatic rings. The van der Waals surface area contributed by atoms with Crippen LogP contribution in [0.3, 0.4) is 0 Å². The number of primary amides is 1. The summed E-state index contributed by atoms with van der Waals surface area (Å²) in [6, 6.07) is 26.1. The van der Waals surface area contributed by atoms with Crippen molar-refractivity contribution in [2.75, 3.05) is 31.5 Å². The number of nitrogens with zero attached hydrogens (tertiary/aromatic N) is 2. The first kappa shape index (κ1) is 42.6. The summed E-state index contributed by atoms with van der Waals surface area (Å²) in [6.45, 7) is 0.189. The van der Waals surface area contributed by atoms with Crippen LogP contribution in [-0.4, -0.2) is 60.9 Å². The number of allylic oxidation sites excluding steroid dienone is 1. The Morgan fingerprint density at radius 3 is 2.32 bits per heavy atom. The highest BCUT2D eigenvalue weighted by Crippen LogP contribution is 2.48. The molecule has 0 bridgehead atoms. The highest BCUT2D eigenvalue weighted by Gasteiger charge is 2.63. The normalized spacial score (nSPS) is 20.6. The molecule has 5 N–H and O–H groups in total. The van der Waals surface area contributed by atoms with Gasteiger partial charge in [0, 0.05) is 39.5 Å². The molecular weight excluding hydrogens is 847 g/mol. The van der Waals surface area contributed by atoms with E-state index >= 15 is 8.78 Å². The van der Waals surface area contributed by atoms with Crippen LogP contribution in [0.2, 0.25) is 0 Å². The van der Waals surface area contributed by atoms with Crippen LogP contribution < -0.4 is 31.2 Å². The number of anilines is 2. The third-order valence-corrected chi connectivity index (χ3v) is 12.6. The molecule has 2 heterocycles. The van der Waals surface area contributed by atoms with Crippen LogP contribution in [0, 0.1) is 5.92 Å². The third kappa shape index (κ3) is 8.69. The smallest absolute Gasteiger partial charge is 0.295 e. The Hall–Kier alpha value is -6.04. The number of halogens is 4. The summed E-state index contributed by atoms with van der Waals surface area (Å²) in [4.78, 5) is 31.9. The van der Waals surface area contributed by atoms with Gasteiger partial charge in [-0.3, -0.25) is 14.5 Å². The van der Waals surface area contributed by atoms with Gasteiger partial charge in [0.1, 0.15) is 34.6 Å². The Labute approximate surface area is 362 Å². The van der Waals surface area contributed by atoms with Crippen LogP contribution in [0.15, 0.2) is 120 Å². The fraction of sp³-hybridized carbons (Fsp3) is 0.267. The molecule has 5 aromatic rings. The maximum atomic E-state index is 15.4. The number of nitrogen functional groups attached to an aromatic ring is 1. The average molecular weight is 888 g/mol. The first-order valence-electron chi connectivity index (χ1n) is 19.5. The van der Waals surface area contributed by atoms with Gasteiger partial charge in [-0.25, -0.2) is 22.5 Å². The predicted molar refractivity (Wildman–Crippen MR) is 230 cm³/mol. The Morgan fingerprint density at radius 1 is 0.935 bits per heavy atom. The molecule has 1 aromatic heterocycles. The molecule has 4 atom stereocenters. The van der Waals surface area contributed by atoms with Crippen molar-refractivity contribution in [1.82, 2.24) is 10.3 Å². The van der Waals surface area contributed by atoms with Gasteiger partial charge < -0.3 is 35.7 Å². The zero-order valence-electron chi connectivity index (χ0n) is 33.3. The minimum Gasteiger partial charge on any atom is -0.497 e. The minimum absolute atomic E-state index is 0.0523. The molecule has 11 nitrogen and oxygen atoms in total. The summed E-state index contributed by atoms with van der Waals surface area (Å²) in [5.74, 6) is -12.2. The van der Waals surface area contributed by atoms with E-state index in [2.05, 4.69) is 45.5 Å². The second-order valence-electron chi connectivity index (χ2n) is 14.9. The Balaban J connectivity index is 1.05. The lowest BCUT2D eigenvalue weighted by molar-refractivity contribution is -0.219. The van der Waals surface area contributed by atoms with Crippen molar-refractivity contribution in [3.8, 4) is 33.8 Å². The molecule has 0 radical (unpaired) electrons. The van der Waals surface area contributed by atoms with Crippen molar-refractivity contribution < 1.29 is 46.1 Å². The summed E-state index contributed by atoms with van der Waals surface area (Å²) in [5, 5.41) is 5.83. The number of carbonyl (C=O) groups is 2. The van der Waals surface area contributed by atoms with E-state index in [1.165, 1.54) is 35.0 Å². The number of rotatable bonds is 15. The van der Waals surface area contributed by atoms with E-state index in [1.54, 1.807) is 50.6 Å². The van der Waals surface area contributed by atoms with Gasteiger partial charge >= 0.3 is 0 Å². The lowest BCUT2D eigenvalue weighted by Crippen LogP contribution is -2.57. The number of methoxy groups -OCH3 is 2. The molecule has 1 aliphatic heterocycles. The van der Waals surface area contributed by atoms with Crippen LogP contribution >= 0.6 is 23.1 Å². The maximum absolute atomic E-state index is 15.4. The largest absolute Gasteiger partial charge is 0.497 e. The van der Waals surface area contributed by atoms with E-state index in [0.717, 1.165) is 46.7 Å². The van der Waals surface area contributed by atoms with Crippen molar-refractivity contribution in [1.29, 1.82) is 0 Å². The van der Waals surface area contributed by atoms with E-state index in [0.29, 0.717) is 40.4 Å². The number of aromatic nitrogens is 1. The predicted octanol–water partition coefficient (Wildman–Crippen LogP) is 9.10. The molecule has 62 heavy (non-hydrogen) atoms. The third-order valence-electron chi connectivity index (χ3n) is 10.8. The molecule has 2 amide bonds. The minimum atomic E-state index is -4.43. The van der Waals surface area contributed by atoms with Crippen LogP contribution in [0.4, 0.5) is 28.9 Å². The second-order valence-corrected chi connectivity index (χ2v) is 16.8. The van der Waals surface area contributed by atoms with E-state index in [9.17, 15) is 18.4 Å². The van der Waals surface area contributed by atoms with Crippen LogP contribution in [-0.2, 0) is 14.3 Å². The molecule has 17 heteroatoms. The number of thioether (sulfide) groups is 1. The summed E-state index contributed by atoms with van der Waals surface area (Å²) in [5.41, 5.74) is 17.3. The van der Waals surface area contributed by atoms with Crippen molar-refractivity contribution in [2.45, 2.75) is 48.3 Å². The molecular formula is C45H41F4N5O6S2. The second kappa shape index (κ2) is 17.4. The lowest BCUT2D eigenvalue weighted by atomic mass is 9.84. The molecule has 4 aromatic carbocycles. The van der Waals surface area contributed by atoms with Crippen LogP contribution in [0.25, 0.3) is 22.3 Å². The first-order chi connectivity index (χ1) is 29.8. The fourth-order valence-corrected chi connectivity index (χ4v) is 9.10. The van der Waals surface area contributed by atoms with E-state index in [4.69, 9.17) is 30.4 Å². The van der Waals surface area contributed by atoms with Gasteiger partial charge in [-0.1, -0.05) is 42.1 Å². The van der Waals surface area contributed by atoms with Gasteiger partial charge in [0.2, 0.25) is 11.8 Å². The molecule has 0 saturated heterocycles. The standard InChI is InChI=1S/C45H41F4N5O6S2/c1-57-31-13-7-25(8-14-31)32-15-12-30(22-33(32)26-3-4-26)54-37(58-2)24-62-38(54)23-59-35-16-9-28(21-34(35)27-5-10-29(50)11-6-27)41(56)53-42(43-52-19-20-61-43)60-36-17-18-44(46,47)39(40(51)55)45(36,48)49/h5-22,24,26,36,38-39,42H,3-4,23,50H2,1-2H3,(H2,51,55)(H,53,56). The highest BCUT2D eigenvalue weighted by atomic mass is 32.2. The fourth-order valence-electron chi connectivity index (χ4n) is 7.51. The van der Waals surface area contributed by atoms with Gasteiger partial charge in [0.15, 0.2) is 12.1 Å². The first-order valence-corrected chi connectivity index (χ1v) is 21.3. The molecule has 2 aliphatic carbocycles. The number of carbonyl (C=O) groups excluding carboxylic acids is 2. The van der Waals surface area contributed by atoms with Crippen LogP contribution in [0.1, 0.15) is 45.9 Å².